The standard InChI is InChI=1S/C34H65N3O3/c1-23(9-12-30(39)32(2,3)40)26-10-11-27-31-28(14-16-34(26,27)5)33(4)15-13-25(21-24(33)22-29(31)38)37-20-8-19-36-18-7-6-17-35/h23-31,36-40H,6-22,35H2,1-5H3/t23-,24-,25+,26-,27?,28?,29-,30?,31?,33+,34-/m1/s1. The van der Waals surface area contributed by atoms with Crippen LogP contribution < -0.4 is 16.4 Å². The molecule has 11 atom stereocenters. The first-order valence-electron chi connectivity index (χ1n) is 17.1. The van der Waals surface area contributed by atoms with Gasteiger partial charge in [0.15, 0.2) is 0 Å². The van der Waals surface area contributed by atoms with E-state index in [1.165, 1.54) is 57.8 Å². The van der Waals surface area contributed by atoms with Crippen LogP contribution in [0.3, 0.4) is 0 Å². The van der Waals surface area contributed by atoms with E-state index >= 15 is 0 Å². The Labute approximate surface area is 246 Å². The lowest BCUT2D eigenvalue weighted by Gasteiger charge is -2.62. The molecule has 0 aromatic heterocycles. The third-order valence-corrected chi connectivity index (χ3v) is 12.9. The number of unbranched alkanes of at least 4 members (excludes halogenated alkanes) is 1. The minimum atomic E-state index is -1.03. The Morgan fingerprint density at radius 1 is 0.900 bits per heavy atom. The van der Waals surface area contributed by atoms with E-state index < -0.39 is 11.7 Å². The summed E-state index contributed by atoms with van der Waals surface area (Å²) in [6.07, 6.45) is 14.1. The molecule has 0 aromatic rings. The zero-order valence-corrected chi connectivity index (χ0v) is 26.6. The van der Waals surface area contributed by atoms with Crippen molar-refractivity contribution < 1.29 is 15.3 Å². The Morgan fingerprint density at radius 2 is 1.60 bits per heavy atom. The van der Waals surface area contributed by atoms with Gasteiger partial charge in [0, 0.05) is 6.04 Å². The Morgan fingerprint density at radius 3 is 2.33 bits per heavy atom. The summed E-state index contributed by atoms with van der Waals surface area (Å²) in [5, 5.41) is 39.8. The zero-order chi connectivity index (χ0) is 29.1. The second-order valence-electron chi connectivity index (χ2n) is 15.8. The van der Waals surface area contributed by atoms with Crippen molar-refractivity contribution in [1.82, 2.24) is 10.6 Å². The predicted octanol–water partition coefficient (Wildman–Crippen LogP) is 4.84. The van der Waals surface area contributed by atoms with Gasteiger partial charge in [0.1, 0.15) is 0 Å². The number of aliphatic hydroxyl groups is 3. The summed E-state index contributed by atoms with van der Waals surface area (Å²) in [4.78, 5) is 0. The summed E-state index contributed by atoms with van der Waals surface area (Å²) in [6.45, 7) is 15.0. The lowest BCUT2D eigenvalue weighted by molar-refractivity contribution is -0.167. The zero-order valence-electron chi connectivity index (χ0n) is 26.6. The van der Waals surface area contributed by atoms with E-state index in [0.29, 0.717) is 58.8 Å². The van der Waals surface area contributed by atoms with Crippen LogP contribution in [0.2, 0.25) is 0 Å². The van der Waals surface area contributed by atoms with E-state index in [2.05, 4.69) is 31.4 Å². The Hall–Kier alpha value is -0.240. The summed E-state index contributed by atoms with van der Waals surface area (Å²) in [5.74, 6) is 3.56. The third kappa shape index (κ3) is 6.94. The topological polar surface area (TPSA) is 111 Å². The Kier molecular flexibility index (Phi) is 11.1. The lowest BCUT2D eigenvalue weighted by Crippen LogP contribution is -2.59. The smallest absolute Gasteiger partial charge is 0.0849 e. The van der Waals surface area contributed by atoms with Gasteiger partial charge in [-0.05, 0) is 170 Å². The van der Waals surface area contributed by atoms with Gasteiger partial charge in [-0.15, -0.1) is 0 Å². The van der Waals surface area contributed by atoms with E-state index in [9.17, 15) is 15.3 Å². The van der Waals surface area contributed by atoms with Crippen molar-refractivity contribution in [2.24, 2.45) is 52.1 Å². The molecule has 4 aliphatic rings. The average Bonchev–Trinajstić information content (AvgIpc) is 3.26. The SMILES string of the molecule is C[C@H](CCC(O)C(C)(C)O)[C@H]1CCC2C3C(CC[C@@]21C)[C@@]1(C)CC[C@H](NCCCNCCCCN)C[C@@H]1C[C@H]3O. The van der Waals surface area contributed by atoms with Crippen molar-refractivity contribution in [3.63, 3.8) is 0 Å². The highest BCUT2D eigenvalue weighted by Gasteiger charge is 2.62. The van der Waals surface area contributed by atoms with E-state index in [0.717, 1.165) is 45.4 Å². The van der Waals surface area contributed by atoms with E-state index in [4.69, 9.17) is 5.73 Å². The molecule has 0 heterocycles. The van der Waals surface area contributed by atoms with Gasteiger partial charge in [-0.3, -0.25) is 0 Å². The molecule has 0 spiro atoms. The lowest BCUT2D eigenvalue weighted by atomic mass is 9.43. The van der Waals surface area contributed by atoms with Crippen molar-refractivity contribution >= 4 is 0 Å². The molecular formula is C34H65N3O3. The second-order valence-corrected chi connectivity index (χ2v) is 15.8. The van der Waals surface area contributed by atoms with Gasteiger partial charge in [0.05, 0.1) is 17.8 Å². The highest BCUT2D eigenvalue weighted by Crippen LogP contribution is 2.68. The molecule has 0 bridgehead atoms. The first kappa shape index (κ1) is 32.7. The summed E-state index contributed by atoms with van der Waals surface area (Å²) < 4.78 is 0. The molecule has 0 amide bonds. The number of aliphatic hydroxyl groups excluding tert-OH is 2. The van der Waals surface area contributed by atoms with Gasteiger partial charge in [0.25, 0.3) is 0 Å². The monoisotopic (exact) mass is 564 g/mol. The van der Waals surface area contributed by atoms with E-state index in [1.54, 1.807) is 13.8 Å². The van der Waals surface area contributed by atoms with Crippen LogP contribution in [0.4, 0.5) is 0 Å². The maximum absolute atomic E-state index is 11.7. The molecule has 7 N–H and O–H groups in total. The van der Waals surface area contributed by atoms with Gasteiger partial charge in [-0.25, -0.2) is 0 Å². The van der Waals surface area contributed by atoms with Gasteiger partial charge >= 0.3 is 0 Å². The van der Waals surface area contributed by atoms with Crippen molar-refractivity contribution in [1.29, 1.82) is 0 Å². The summed E-state index contributed by atoms with van der Waals surface area (Å²) in [5.41, 5.74) is 5.21. The summed E-state index contributed by atoms with van der Waals surface area (Å²) >= 11 is 0. The fourth-order valence-electron chi connectivity index (χ4n) is 10.4. The molecule has 6 nitrogen and oxygen atoms in total. The third-order valence-electron chi connectivity index (χ3n) is 12.9. The van der Waals surface area contributed by atoms with E-state index in [1.807, 2.05) is 0 Å². The molecule has 4 saturated carbocycles. The molecule has 0 aromatic carbocycles. The van der Waals surface area contributed by atoms with Crippen LogP contribution in [-0.4, -0.2) is 65.3 Å². The predicted molar refractivity (Wildman–Crippen MR) is 165 cm³/mol. The van der Waals surface area contributed by atoms with Crippen molar-refractivity contribution in [2.75, 3.05) is 26.2 Å². The van der Waals surface area contributed by atoms with Crippen molar-refractivity contribution in [3.05, 3.63) is 0 Å². The molecule has 4 aliphatic carbocycles. The second kappa shape index (κ2) is 13.6. The fraction of sp³-hybridized carbons (Fsp3) is 1.00. The molecule has 6 heteroatoms. The number of hydrogen-bond donors (Lipinski definition) is 6. The van der Waals surface area contributed by atoms with Crippen molar-refractivity contribution in [3.8, 4) is 0 Å². The summed E-state index contributed by atoms with van der Waals surface area (Å²) in [7, 11) is 0. The fourth-order valence-corrected chi connectivity index (χ4v) is 10.4. The van der Waals surface area contributed by atoms with Crippen LogP contribution >= 0.6 is 0 Å². The van der Waals surface area contributed by atoms with Crippen LogP contribution in [0, 0.1) is 46.3 Å². The van der Waals surface area contributed by atoms with Gasteiger partial charge in [-0.2, -0.15) is 0 Å². The number of nitrogens with two attached hydrogens (primary N) is 1. The minimum absolute atomic E-state index is 0.157. The van der Waals surface area contributed by atoms with Crippen LogP contribution in [0.5, 0.6) is 0 Å². The molecule has 40 heavy (non-hydrogen) atoms. The van der Waals surface area contributed by atoms with Crippen molar-refractivity contribution in [2.45, 2.75) is 142 Å². The molecule has 4 rings (SSSR count). The van der Waals surface area contributed by atoms with Gasteiger partial charge in [-0.1, -0.05) is 20.8 Å². The van der Waals surface area contributed by atoms with E-state index in [-0.39, 0.29) is 6.10 Å². The van der Waals surface area contributed by atoms with Gasteiger partial charge in [0.2, 0.25) is 0 Å². The molecular weight excluding hydrogens is 498 g/mol. The maximum atomic E-state index is 11.7. The van der Waals surface area contributed by atoms with Gasteiger partial charge < -0.3 is 31.7 Å². The minimum Gasteiger partial charge on any atom is -0.393 e. The number of nitrogens with one attached hydrogen (secondary N) is 2. The maximum Gasteiger partial charge on any atom is 0.0849 e. The highest BCUT2D eigenvalue weighted by molar-refractivity contribution is 5.12. The quantitative estimate of drug-likeness (QED) is 0.169. The Balaban J connectivity index is 1.31. The molecule has 0 radical (unpaired) electrons. The summed E-state index contributed by atoms with van der Waals surface area (Å²) in [6, 6.07) is 0.601. The largest absolute Gasteiger partial charge is 0.393 e. The molecule has 4 unspecified atom stereocenters. The number of hydrogen-bond acceptors (Lipinski definition) is 6. The normalized spacial score (nSPS) is 41.2. The first-order chi connectivity index (χ1) is 18.9. The highest BCUT2D eigenvalue weighted by atomic mass is 16.3. The number of rotatable bonds is 14. The molecule has 0 aliphatic heterocycles. The average molecular weight is 564 g/mol. The van der Waals surface area contributed by atoms with Crippen LogP contribution in [0.25, 0.3) is 0 Å². The molecule has 0 saturated heterocycles. The van der Waals surface area contributed by atoms with Crippen LogP contribution in [0.15, 0.2) is 0 Å². The van der Waals surface area contributed by atoms with Crippen LogP contribution in [0.1, 0.15) is 118 Å². The Bertz CT molecular complexity index is 789. The van der Waals surface area contributed by atoms with Crippen LogP contribution in [-0.2, 0) is 0 Å². The molecule has 4 fully saturated rings. The molecule has 234 valence electrons. The first-order valence-corrected chi connectivity index (χ1v) is 17.1. The number of fused-ring (bicyclic) bond motifs is 5.